The molecule has 0 spiro atoms. The van der Waals surface area contributed by atoms with E-state index in [2.05, 4.69) is 17.5 Å². The smallest absolute Gasteiger partial charge is 0.245 e. The van der Waals surface area contributed by atoms with Gasteiger partial charge in [0.15, 0.2) is 0 Å². The molecular formula is C24H29N3O4. The molecule has 1 aliphatic heterocycles. The van der Waals surface area contributed by atoms with Gasteiger partial charge in [-0.05, 0) is 67.4 Å². The van der Waals surface area contributed by atoms with Gasteiger partial charge in [0.25, 0.3) is 0 Å². The van der Waals surface area contributed by atoms with Gasteiger partial charge in [0.2, 0.25) is 11.8 Å². The molecule has 1 N–H and O–H groups in total. The molecule has 7 heteroatoms. The predicted molar refractivity (Wildman–Crippen MR) is 121 cm³/mol. The first-order valence-electron chi connectivity index (χ1n) is 10.7. The van der Waals surface area contributed by atoms with Crippen LogP contribution in [0.1, 0.15) is 38.7 Å². The minimum atomic E-state index is -0.439. The minimum absolute atomic E-state index is 0.0769. The minimum Gasteiger partial charge on any atom is -0.494 e. The Morgan fingerprint density at radius 3 is 2.45 bits per heavy atom. The van der Waals surface area contributed by atoms with Crippen molar-refractivity contribution >= 4 is 23.7 Å². The van der Waals surface area contributed by atoms with E-state index in [1.165, 1.54) is 0 Å². The Labute approximate surface area is 183 Å². The van der Waals surface area contributed by atoms with Gasteiger partial charge in [-0.15, -0.1) is 0 Å². The largest absolute Gasteiger partial charge is 0.494 e. The lowest BCUT2D eigenvalue weighted by molar-refractivity contribution is -0.126. The van der Waals surface area contributed by atoms with Gasteiger partial charge < -0.3 is 14.4 Å². The number of hydrazone groups is 1. The zero-order valence-corrected chi connectivity index (χ0v) is 18.0. The van der Waals surface area contributed by atoms with Crippen LogP contribution in [0.3, 0.4) is 0 Å². The molecule has 31 heavy (non-hydrogen) atoms. The van der Waals surface area contributed by atoms with Crippen molar-refractivity contribution < 1.29 is 19.1 Å². The SMILES string of the molecule is CCCCOc1ccc(/C=N\NC(=O)[C@H]2CC(=O)N(c3ccc(OCC)cc3)C2)cc1. The van der Waals surface area contributed by atoms with E-state index in [4.69, 9.17) is 9.47 Å². The summed E-state index contributed by atoms with van der Waals surface area (Å²) in [7, 11) is 0. The number of unbranched alkanes of at least 4 members (excludes halogenated alkanes) is 1. The molecule has 0 unspecified atom stereocenters. The molecule has 2 aromatic carbocycles. The highest BCUT2D eigenvalue weighted by Gasteiger charge is 2.35. The van der Waals surface area contributed by atoms with Gasteiger partial charge in [-0.1, -0.05) is 13.3 Å². The quantitative estimate of drug-likeness (QED) is 0.358. The standard InChI is InChI=1S/C24H29N3O4/c1-3-5-14-31-22-10-6-18(7-11-22)16-25-26-24(29)19-15-23(28)27(17-19)20-8-12-21(13-9-20)30-4-2/h6-13,16,19H,3-5,14-15,17H2,1-2H3,(H,26,29)/b25-16-/t19-/m0/s1. The zero-order chi connectivity index (χ0) is 22.1. The Balaban J connectivity index is 1.50. The van der Waals surface area contributed by atoms with Gasteiger partial charge in [-0.25, -0.2) is 5.43 Å². The molecule has 1 fully saturated rings. The van der Waals surface area contributed by atoms with Crippen LogP contribution in [0.5, 0.6) is 11.5 Å². The monoisotopic (exact) mass is 423 g/mol. The predicted octanol–water partition coefficient (Wildman–Crippen LogP) is 3.77. The topological polar surface area (TPSA) is 80.2 Å². The van der Waals surface area contributed by atoms with Crippen molar-refractivity contribution in [2.24, 2.45) is 11.0 Å². The number of nitrogens with one attached hydrogen (secondary N) is 1. The third-order valence-corrected chi connectivity index (χ3v) is 4.99. The van der Waals surface area contributed by atoms with Gasteiger partial charge in [0.1, 0.15) is 11.5 Å². The van der Waals surface area contributed by atoms with Gasteiger partial charge in [-0.2, -0.15) is 5.10 Å². The average molecular weight is 424 g/mol. The summed E-state index contributed by atoms with van der Waals surface area (Å²) in [5.41, 5.74) is 4.16. The fraction of sp³-hybridized carbons (Fsp3) is 0.375. The lowest BCUT2D eigenvalue weighted by Crippen LogP contribution is -2.30. The van der Waals surface area contributed by atoms with Crippen LogP contribution in [0.4, 0.5) is 5.69 Å². The van der Waals surface area contributed by atoms with Crippen molar-refractivity contribution in [3.8, 4) is 11.5 Å². The Bertz CT molecular complexity index is 894. The number of carbonyl (C=O) groups is 2. The normalized spacial score (nSPS) is 16.0. The lowest BCUT2D eigenvalue weighted by atomic mass is 10.1. The Morgan fingerprint density at radius 2 is 1.77 bits per heavy atom. The van der Waals surface area contributed by atoms with Crippen LogP contribution in [0.2, 0.25) is 0 Å². The molecule has 1 saturated heterocycles. The van der Waals surface area contributed by atoms with E-state index < -0.39 is 5.92 Å². The lowest BCUT2D eigenvalue weighted by Gasteiger charge is -2.17. The van der Waals surface area contributed by atoms with Crippen molar-refractivity contribution in [3.05, 3.63) is 54.1 Å². The summed E-state index contributed by atoms with van der Waals surface area (Å²) in [4.78, 5) is 26.5. The Hall–Kier alpha value is -3.35. The van der Waals surface area contributed by atoms with Crippen LogP contribution in [0.15, 0.2) is 53.6 Å². The summed E-state index contributed by atoms with van der Waals surface area (Å²) in [6, 6.07) is 14.8. The molecule has 1 heterocycles. The van der Waals surface area contributed by atoms with E-state index in [0.29, 0.717) is 19.8 Å². The maximum absolute atomic E-state index is 12.5. The summed E-state index contributed by atoms with van der Waals surface area (Å²) >= 11 is 0. The zero-order valence-electron chi connectivity index (χ0n) is 18.0. The summed E-state index contributed by atoms with van der Waals surface area (Å²) in [5.74, 6) is 0.783. The van der Waals surface area contributed by atoms with Crippen molar-refractivity contribution in [2.45, 2.75) is 33.1 Å². The first kappa shape index (κ1) is 22.3. The van der Waals surface area contributed by atoms with Gasteiger partial charge in [0.05, 0.1) is 25.3 Å². The molecule has 0 bridgehead atoms. The number of benzene rings is 2. The van der Waals surface area contributed by atoms with Crippen molar-refractivity contribution in [1.82, 2.24) is 5.43 Å². The average Bonchev–Trinajstić information content (AvgIpc) is 3.17. The second kappa shape index (κ2) is 11.2. The molecule has 0 saturated carbocycles. The van der Waals surface area contributed by atoms with Gasteiger partial charge in [-0.3, -0.25) is 9.59 Å². The molecule has 7 nitrogen and oxygen atoms in total. The number of hydrogen-bond acceptors (Lipinski definition) is 5. The molecule has 0 aromatic heterocycles. The van der Waals surface area contributed by atoms with Crippen LogP contribution in [-0.4, -0.2) is 37.8 Å². The molecule has 0 aliphatic carbocycles. The summed E-state index contributed by atoms with van der Waals surface area (Å²) in [6.07, 6.45) is 3.86. The number of anilines is 1. The van der Waals surface area contributed by atoms with Gasteiger partial charge in [0, 0.05) is 18.7 Å². The Kier molecular flexibility index (Phi) is 8.04. The van der Waals surface area contributed by atoms with Crippen LogP contribution >= 0.6 is 0 Å². The second-order valence-electron chi connectivity index (χ2n) is 7.34. The number of ether oxygens (including phenoxy) is 2. The maximum Gasteiger partial charge on any atom is 0.245 e. The van der Waals surface area contributed by atoms with Crippen LogP contribution in [-0.2, 0) is 9.59 Å². The first-order chi connectivity index (χ1) is 15.1. The third-order valence-electron chi connectivity index (χ3n) is 4.99. The molecule has 2 aromatic rings. The first-order valence-corrected chi connectivity index (χ1v) is 10.7. The second-order valence-corrected chi connectivity index (χ2v) is 7.34. The van der Waals surface area contributed by atoms with Crippen LogP contribution < -0.4 is 19.8 Å². The summed E-state index contributed by atoms with van der Waals surface area (Å²) in [5, 5.41) is 4.03. The fourth-order valence-corrected chi connectivity index (χ4v) is 3.27. The van der Waals surface area contributed by atoms with Gasteiger partial charge >= 0.3 is 0 Å². The summed E-state index contributed by atoms with van der Waals surface area (Å²) < 4.78 is 11.1. The molecule has 2 amide bonds. The van der Waals surface area contributed by atoms with E-state index in [0.717, 1.165) is 35.6 Å². The highest BCUT2D eigenvalue weighted by atomic mass is 16.5. The highest BCUT2D eigenvalue weighted by Crippen LogP contribution is 2.27. The molecule has 3 rings (SSSR count). The van der Waals surface area contributed by atoms with E-state index in [1.807, 2.05) is 55.5 Å². The number of nitrogens with zero attached hydrogens (tertiary/aromatic N) is 2. The highest BCUT2D eigenvalue weighted by molar-refractivity contribution is 6.00. The van der Waals surface area contributed by atoms with Crippen LogP contribution in [0, 0.1) is 5.92 Å². The van der Waals surface area contributed by atoms with E-state index >= 15 is 0 Å². The van der Waals surface area contributed by atoms with E-state index in [1.54, 1.807) is 11.1 Å². The number of hydrogen-bond donors (Lipinski definition) is 1. The van der Waals surface area contributed by atoms with Crippen molar-refractivity contribution in [2.75, 3.05) is 24.7 Å². The number of amides is 2. The summed E-state index contributed by atoms with van der Waals surface area (Å²) in [6.45, 7) is 5.66. The molecule has 1 atom stereocenters. The molecule has 164 valence electrons. The molecule has 0 radical (unpaired) electrons. The van der Waals surface area contributed by atoms with E-state index in [9.17, 15) is 9.59 Å². The maximum atomic E-state index is 12.5. The fourth-order valence-electron chi connectivity index (χ4n) is 3.27. The van der Waals surface area contributed by atoms with E-state index in [-0.39, 0.29) is 18.2 Å². The Morgan fingerprint density at radius 1 is 1.10 bits per heavy atom. The third kappa shape index (κ3) is 6.31. The molecular weight excluding hydrogens is 394 g/mol. The molecule has 1 aliphatic rings. The number of rotatable bonds is 10. The van der Waals surface area contributed by atoms with Crippen molar-refractivity contribution in [3.63, 3.8) is 0 Å². The van der Waals surface area contributed by atoms with Crippen molar-refractivity contribution in [1.29, 1.82) is 0 Å². The number of carbonyl (C=O) groups excluding carboxylic acids is 2. The van der Waals surface area contributed by atoms with Crippen LogP contribution in [0.25, 0.3) is 0 Å².